The van der Waals surface area contributed by atoms with Gasteiger partial charge in [0.25, 0.3) is 5.91 Å². The summed E-state index contributed by atoms with van der Waals surface area (Å²) in [6.45, 7) is 4.64. The Labute approximate surface area is 236 Å². The Morgan fingerprint density at radius 2 is 1.76 bits per heavy atom. The lowest BCUT2D eigenvalue weighted by Crippen LogP contribution is -2.30. The Hall–Kier alpha value is -3.11. The number of amides is 2. The van der Waals surface area contributed by atoms with Crippen LogP contribution in [0.5, 0.6) is 11.5 Å². The molecule has 2 atom stereocenters. The maximum atomic E-state index is 13.7. The molecule has 1 heterocycles. The van der Waals surface area contributed by atoms with Crippen molar-refractivity contribution in [3.63, 3.8) is 0 Å². The monoisotopic (exact) mass is 626 g/mol. The highest BCUT2D eigenvalue weighted by Crippen LogP contribution is 2.55. The van der Waals surface area contributed by atoms with Crippen molar-refractivity contribution >= 4 is 40.1 Å². The molecule has 0 spiro atoms. The molecule has 1 saturated carbocycles. The minimum atomic E-state index is -0.616. The average molecular weight is 626 g/mol. The van der Waals surface area contributed by atoms with Crippen LogP contribution < -0.4 is 14.8 Å². The van der Waals surface area contributed by atoms with E-state index >= 15 is 0 Å². The topological polar surface area (TPSA) is 77.1 Å². The van der Waals surface area contributed by atoms with E-state index < -0.39 is 5.41 Å². The molecule has 2 amide bonds. The van der Waals surface area contributed by atoms with Crippen LogP contribution in [0.3, 0.4) is 0 Å². The number of rotatable bonds is 8. The van der Waals surface area contributed by atoms with Gasteiger partial charge in [-0.15, -0.1) is 0 Å². The lowest BCUT2D eigenvalue weighted by atomic mass is 9.94. The van der Waals surface area contributed by atoms with E-state index in [1.54, 1.807) is 19.0 Å². The first-order valence-corrected chi connectivity index (χ1v) is 13.9. The number of anilines is 1. The molecule has 1 aliphatic heterocycles. The summed E-state index contributed by atoms with van der Waals surface area (Å²) in [5.74, 6) is 1.29. The lowest BCUT2D eigenvalue weighted by molar-refractivity contribution is -0.118. The molecule has 3 aromatic carbocycles. The predicted octanol–water partition coefficient (Wildman–Crippen LogP) is 5.79. The van der Waals surface area contributed by atoms with E-state index in [0.717, 1.165) is 28.7 Å². The number of nitrogens with zero attached hydrogens (tertiary/aromatic N) is 1. The molecule has 1 fully saturated rings. The Kier molecular flexibility index (Phi) is 7.37. The number of nitrogens with one attached hydrogen (secondary N) is 1. The Morgan fingerprint density at radius 1 is 1.05 bits per heavy atom. The highest BCUT2D eigenvalue weighted by Gasteiger charge is 2.60. The molecule has 3 aromatic rings. The zero-order valence-electron chi connectivity index (χ0n) is 21.9. The highest BCUT2D eigenvalue weighted by atomic mass is 127. The minimum absolute atomic E-state index is 0.0418. The highest BCUT2D eigenvalue weighted by molar-refractivity contribution is 14.1. The normalized spacial score (nSPS) is 19.4. The van der Waals surface area contributed by atoms with Crippen molar-refractivity contribution in [2.24, 2.45) is 0 Å². The quantitative estimate of drug-likeness (QED) is 0.253. The van der Waals surface area contributed by atoms with E-state index in [-0.39, 0.29) is 28.6 Å². The van der Waals surface area contributed by atoms with Crippen molar-refractivity contribution in [1.29, 1.82) is 0 Å². The van der Waals surface area contributed by atoms with Gasteiger partial charge in [-0.3, -0.25) is 9.59 Å². The van der Waals surface area contributed by atoms with Gasteiger partial charge < -0.3 is 24.4 Å². The Morgan fingerprint density at radius 3 is 2.42 bits per heavy atom. The zero-order chi connectivity index (χ0) is 27.0. The minimum Gasteiger partial charge on any atom is -0.454 e. The molecule has 2 aliphatic rings. The fourth-order valence-electron chi connectivity index (χ4n) is 4.66. The number of halogens is 1. The van der Waals surface area contributed by atoms with Gasteiger partial charge in [0.1, 0.15) is 0 Å². The molecule has 2 unspecified atom stereocenters. The predicted molar refractivity (Wildman–Crippen MR) is 155 cm³/mol. The standard InChI is InChI=1S/C30H31IN2O5/c1-18(2)36-16-21-9-11-23(14-24(21)19-5-7-20(8-6-19)28(34)33(3)4)32-29(35)30(15-27(30)31)22-10-12-25-26(13-22)38-17-37-25/h5-14,18,27H,15-17H2,1-4H3,(H,32,35). The number of fused-ring (bicyclic) bond motifs is 1. The summed E-state index contributed by atoms with van der Waals surface area (Å²) in [5.41, 5.74) is 4.55. The van der Waals surface area contributed by atoms with Crippen LogP contribution in [0.4, 0.5) is 5.69 Å². The Bertz CT molecular complexity index is 1370. The first-order valence-electron chi connectivity index (χ1n) is 12.6. The first-order chi connectivity index (χ1) is 18.2. The molecular formula is C30H31IN2O5. The molecule has 7 nitrogen and oxygen atoms in total. The molecule has 38 heavy (non-hydrogen) atoms. The van der Waals surface area contributed by atoms with Gasteiger partial charge in [-0.2, -0.15) is 0 Å². The molecule has 0 radical (unpaired) electrons. The van der Waals surface area contributed by atoms with Gasteiger partial charge in [-0.05, 0) is 78.9 Å². The van der Waals surface area contributed by atoms with Crippen LogP contribution in [0, 0.1) is 0 Å². The van der Waals surface area contributed by atoms with Crippen LogP contribution in [0.25, 0.3) is 11.1 Å². The van der Waals surface area contributed by atoms with Gasteiger partial charge in [0, 0.05) is 29.3 Å². The molecule has 5 rings (SSSR count). The summed E-state index contributed by atoms with van der Waals surface area (Å²) in [7, 11) is 3.47. The van der Waals surface area contributed by atoms with Crippen molar-refractivity contribution in [2.75, 3.05) is 26.2 Å². The fraction of sp³-hybridized carbons (Fsp3) is 0.333. The van der Waals surface area contributed by atoms with E-state index in [1.165, 1.54) is 0 Å². The van der Waals surface area contributed by atoms with E-state index in [2.05, 4.69) is 27.9 Å². The Balaban J connectivity index is 1.43. The van der Waals surface area contributed by atoms with Crippen LogP contribution in [0.15, 0.2) is 60.7 Å². The number of hydrogen-bond donors (Lipinski definition) is 1. The van der Waals surface area contributed by atoms with E-state index in [4.69, 9.17) is 14.2 Å². The third kappa shape index (κ3) is 5.11. The number of ether oxygens (including phenoxy) is 3. The van der Waals surface area contributed by atoms with Gasteiger partial charge in [-0.1, -0.05) is 46.9 Å². The van der Waals surface area contributed by atoms with Crippen LogP contribution in [0.1, 0.15) is 41.8 Å². The van der Waals surface area contributed by atoms with Crippen LogP contribution in [-0.4, -0.2) is 47.6 Å². The fourth-order valence-corrected chi connectivity index (χ4v) is 6.00. The first kappa shape index (κ1) is 26.5. The van der Waals surface area contributed by atoms with E-state index in [9.17, 15) is 9.59 Å². The number of benzene rings is 3. The summed E-state index contributed by atoms with van der Waals surface area (Å²) in [6, 6.07) is 19.2. The molecule has 0 saturated heterocycles. The summed E-state index contributed by atoms with van der Waals surface area (Å²) >= 11 is 2.35. The molecule has 8 heteroatoms. The summed E-state index contributed by atoms with van der Waals surface area (Å²) < 4.78 is 17.1. The zero-order valence-corrected chi connectivity index (χ0v) is 24.1. The van der Waals surface area contributed by atoms with Crippen molar-refractivity contribution < 1.29 is 23.8 Å². The largest absolute Gasteiger partial charge is 0.454 e. The van der Waals surface area contributed by atoms with Crippen molar-refractivity contribution in [2.45, 2.75) is 42.3 Å². The smallest absolute Gasteiger partial charge is 0.253 e. The van der Waals surface area contributed by atoms with Crippen LogP contribution in [0.2, 0.25) is 0 Å². The molecular weight excluding hydrogens is 595 g/mol. The van der Waals surface area contributed by atoms with Crippen molar-refractivity contribution in [3.05, 3.63) is 77.4 Å². The van der Waals surface area contributed by atoms with Gasteiger partial charge in [0.15, 0.2) is 11.5 Å². The van der Waals surface area contributed by atoms with E-state index in [1.807, 2.05) is 74.5 Å². The third-order valence-corrected chi connectivity index (χ3v) is 8.46. The summed E-state index contributed by atoms with van der Waals surface area (Å²) in [5, 5.41) is 3.17. The number of carbonyl (C=O) groups is 2. The maximum absolute atomic E-state index is 13.7. The number of carbonyl (C=O) groups excluding carboxylic acids is 2. The number of alkyl halides is 1. The third-order valence-electron chi connectivity index (χ3n) is 6.96. The van der Waals surface area contributed by atoms with Gasteiger partial charge >= 0.3 is 0 Å². The second-order valence-corrected chi connectivity index (χ2v) is 11.7. The second-order valence-electron chi connectivity index (χ2n) is 10.2. The van der Waals surface area contributed by atoms with Crippen LogP contribution in [-0.2, 0) is 21.6 Å². The van der Waals surface area contributed by atoms with Gasteiger partial charge in [-0.25, -0.2) is 0 Å². The van der Waals surface area contributed by atoms with Crippen molar-refractivity contribution in [3.8, 4) is 22.6 Å². The summed E-state index contributed by atoms with van der Waals surface area (Å²) in [4.78, 5) is 27.6. The second kappa shape index (κ2) is 10.6. The van der Waals surface area contributed by atoms with Crippen LogP contribution >= 0.6 is 22.6 Å². The SMILES string of the molecule is CC(C)OCc1ccc(NC(=O)C2(c3ccc4c(c3)OCO4)CC2I)cc1-c1ccc(C(=O)N(C)C)cc1. The lowest BCUT2D eigenvalue weighted by Gasteiger charge is -2.19. The molecule has 1 aliphatic carbocycles. The van der Waals surface area contributed by atoms with Crippen molar-refractivity contribution in [1.82, 2.24) is 4.90 Å². The molecule has 198 valence electrons. The molecule has 0 aromatic heterocycles. The number of hydrogen-bond acceptors (Lipinski definition) is 5. The average Bonchev–Trinajstić information content (AvgIpc) is 3.37. The van der Waals surface area contributed by atoms with Gasteiger partial charge in [0.05, 0.1) is 18.1 Å². The van der Waals surface area contributed by atoms with Gasteiger partial charge in [0.2, 0.25) is 12.7 Å². The molecule has 1 N–H and O–H groups in total. The summed E-state index contributed by atoms with van der Waals surface area (Å²) in [6.07, 6.45) is 0.840. The maximum Gasteiger partial charge on any atom is 0.253 e. The van der Waals surface area contributed by atoms with E-state index in [0.29, 0.717) is 29.4 Å². The molecule has 0 bridgehead atoms.